The Morgan fingerprint density at radius 3 is 2.45 bits per heavy atom. The number of ether oxygens (including phenoxy) is 1. The molecule has 0 saturated carbocycles. The molecule has 20 heavy (non-hydrogen) atoms. The van der Waals surface area contributed by atoms with E-state index in [9.17, 15) is 17.2 Å². The van der Waals surface area contributed by atoms with Gasteiger partial charge in [0.05, 0.1) is 6.61 Å². The van der Waals surface area contributed by atoms with Crippen molar-refractivity contribution in [1.82, 2.24) is 4.72 Å². The van der Waals surface area contributed by atoms with Crippen LogP contribution in [-0.4, -0.2) is 28.2 Å². The fourth-order valence-corrected chi connectivity index (χ4v) is 3.07. The second-order valence-corrected chi connectivity index (χ2v) is 6.42. The SMILES string of the molecule is COCC(NS(=O)(=O)c1cc(N)cc(F)c1F)C(C)C. The van der Waals surface area contributed by atoms with Crippen LogP contribution in [0.5, 0.6) is 0 Å². The van der Waals surface area contributed by atoms with Crippen LogP contribution in [0.2, 0.25) is 0 Å². The van der Waals surface area contributed by atoms with Gasteiger partial charge in [-0.05, 0) is 18.1 Å². The Kier molecular flexibility index (Phi) is 5.43. The minimum Gasteiger partial charge on any atom is -0.399 e. The molecule has 1 rings (SSSR count). The monoisotopic (exact) mass is 308 g/mol. The van der Waals surface area contributed by atoms with E-state index >= 15 is 0 Å². The number of sulfonamides is 1. The molecule has 0 aliphatic rings. The molecule has 1 unspecified atom stereocenters. The van der Waals surface area contributed by atoms with Gasteiger partial charge in [-0.3, -0.25) is 0 Å². The predicted octanol–water partition coefficient (Wildman–Crippen LogP) is 1.50. The number of rotatable bonds is 6. The van der Waals surface area contributed by atoms with Crippen molar-refractivity contribution in [3.05, 3.63) is 23.8 Å². The van der Waals surface area contributed by atoms with Crippen molar-refractivity contribution in [3.63, 3.8) is 0 Å². The molecule has 0 spiro atoms. The van der Waals surface area contributed by atoms with Crippen LogP contribution >= 0.6 is 0 Å². The lowest BCUT2D eigenvalue weighted by Crippen LogP contribution is -2.41. The van der Waals surface area contributed by atoms with Crippen molar-refractivity contribution >= 4 is 15.7 Å². The molecule has 3 N–H and O–H groups in total. The normalized spacial score (nSPS) is 13.7. The van der Waals surface area contributed by atoms with Gasteiger partial charge in [0.15, 0.2) is 11.6 Å². The fraction of sp³-hybridized carbons (Fsp3) is 0.500. The number of hydrogen-bond acceptors (Lipinski definition) is 4. The van der Waals surface area contributed by atoms with Crippen LogP contribution in [0.25, 0.3) is 0 Å². The molecule has 0 aliphatic carbocycles. The van der Waals surface area contributed by atoms with Gasteiger partial charge < -0.3 is 10.5 Å². The summed E-state index contributed by atoms with van der Waals surface area (Å²) >= 11 is 0. The molecule has 0 bridgehead atoms. The lowest BCUT2D eigenvalue weighted by Gasteiger charge is -2.21. The van der Waals surface area contributed by atoms with Crippen LogP contribution in [0, 0.1) is 17.6 Å². The molecule has 0 aliphatic heterocycles. The minimum atomic E-state index is -4.23. The zero-order chi connectivity index (χ0) is 15.5. The highest BCUT2D eigenvalue weighted by molar-refractivity contribution is 7.89. The average Bonchev–Trinajstić information content (AvgIpc) is 2.32. The van der Waals surface area contributed by atoms with Crippen molar-refractivity contribution in [2.45, 2.75) is 24.8 Å². The lowest BCUT2D eigenvalue weighted by molar-refractivity contribution is 0.157. The standard InChI is InChI=1S/C12H18F2N2O3S/c1-7(2)10(6-19-3)16-20(17,18)11-5-8(15)4-9(13)12(11)14/h4-5,7,10,16H,6,15H2,1-3H3. The highest BCUT2D eigenvalue weighted by Crippen LogP contribution is 2.21. The summed E-state index contributed by atoms with van der Waals surface area (Å²) < 4.78 is 58.3. The van der Waals surface area contributed by atoms with Crippen LogP contribution in [0.1, 0.15) is 13.8 Å². The first-order valence-corrected chi connectivity index (χ1v) is 7.43. The highest BCUT2D eigenvalue weighted by Gasteiger charge is 2.27. The summed E-state index contributed by atoms with van der Waals surface area (Å²) in [4.78, 5) is -0.809. The Labute approximate surface area is 117 Å². The van der Waals surface area contributed by atoms with Gasteiger partial charge in [-0.2, -0.15) is 0 Å². The molecule has 5 nitrogen and oxygen atoms in total. The topological polar surface area (TPSA) is 81.4 Å². The molecule has 0 aromatic heterocycles. The molecule has 1 aromatic carbocycles. The van der Waals surface area contributed by atoms with E-state index in [1.54, 1.807) is 13.8 Å². The number of halogens is 2. The van der Waals surface area contributed by atoms with E-state index in [4.69, 9.17) is 10.5 Å². The van der Waals surface area contributed by atoms with Crippen molar-refractivity contribution in [2.75, 3.05) is 19.5 Å². The van der Waals surface area contributed by atoms with Crippen molar-refractivity contribution < 1.29 is 21.9 Å². The van der Waals surface area contributed by atoms with Crippen LogP contribution in [-0.2, 0) is 14.8 Å². The number of nitrogen functional groups attached to an aromatic ring is 1. The van der Waals surface area contributed by atoms with E-state index in [2.05, 4.69) is 4.72 Å². The second kappa shape index (κ2) is 6.47. The van der Waals surface area contributed by atoms with Crippen molar-refractivity contribution in [3.8, 4) is 0 Å². The predicted molar refractivity (Wildman–Crippen MR) is 71.6 cm³/mol. The van der Waals surface area contributed by atoms with E-state index in [-0.39, 0.29) is 18.2 Å². The maximum absolute atomic E-state index is 13.6. The van der Waals surface area contributed by atoms with Crippen LogP contribution in [0.3, 0.4) is 0 Å². The first kappa shape index (κ1) is 16.8. The zero-order valence-electron chi connectivity index (χ0n) is 11.5. The number of nitrogens with two attached hydrogens (primary N) is 1. The summed E-state index contributed by atoms with van der Waals surface area (Å²) in [7, 11) is -2.81. The molecular formula is C12H18F2N2O3S. The van der Waals surface area contributed by atoms with E-state index in [0.29, 0.717) is 0 Å². The van der Waals surface area contributed by atoms with Gasteiger partial charge in [0, 0.05) is 18.8 Å². The Bertz CT molecular complexity index is 576. The van der Waals surface area contributed by atoms with Crippen molar-refractivity contribution in [1.29, 1.82) is 0 Å². The average molecular weight is 308 g/mol. The number of hydrogen-bond donors (Lipinski definition) is 2. The van der Waals surface area contributed by atoms with Gasteiger partial charge in [0.1, 0.15) is 4.90 Å². The third kappa shape index (κ3) is 3.87. The van der Waals surface area contributed by atoms with Crippen LogP contribution in [0.15, 0.2) is 17.0 Å². The number of benzene rings is 1. The molecular weight excluding hydrogens is 290 g/mol. The molecule has 114 valence electrons. The van der Waals surface area contributed by atoms with E-state index in [1.165, 1.54) is 7.11 Å². The number of anilines is 1. The molecule has 0 amide bonds. The van der Waals surface area contributed by atoms with Gasteiger partial charge in [-0.25, -0.2) is 21.9 Å². The third-order valence-corrected chi connectivity index (χ3v) is 4.25. The molecule has 0 fully saturated rings. The van der Waals surface area contributed by atoms with Crippen LogP contribution < -0.4 is 10.5 Å². The van der Waals surface area contributed by atoms with Gasteiger partial charge in [0.2, 0.25) is 10.0 Å². The number of nitrogens with one attached hydrogen (secondary N) is 1. The Morgan fingerprint density at radius 2 is 1.95 bits per heavy atom. The molecule has 0 radical (unpaired) electrons. The minimum absolute atomic E-state index is 0.0845. The molecule has 1 atom stereocenters. The second-order valence-electron chi connectivity index (χ2n) is 4.74. The smallest absolute Gasteiger partial charge is 0.244 e. The van der Waals surface area contributed by atoms with E-state index in [0.717, 1.165) is 12.1 Å². The fourth-order valence-electron chi connectivity index (χ4n) is 1.58. The summed E-state index contributed by atoms with van der Waals surface area (Å²) in [6.45, 7) is 3.67. The summed E-state index contributed by atoms with van der Waals surface area (Å²) in [5, 5.41) is 0. The molecule has 0 heterocycles. The summed E-state index contributed by atoms with van der Waals surface area (Å²) in [5.41, 5.74) is 5.18. The zero-order valence-corrected chi connectivity index (χ0v) is 12.3. The molecule has 0 saturated heterocycles. The Balaban J connectivity index is 3.17. The summed E-state index contributed by atoms with van der Waals surface area (Å²) in [6, 6.07) is 1.04. The first-order chi connectivity index (χ1) is 9.19. The van der Waals surface area contributed by atoms with Crippen molar-refractivity contribution in [2.24, 2.45) is 5.92 Å². The first-order valence-electron chi connectivity index (χ1n) is 5.94. The summed E-state index contributed by atoms with van der Waals surface area (Å²) in [6.07, 6.45) is 0. The Morgan fingerprint density at radius 1 is 1.35 bits per heavy atom. The van der Waals surface area contributed by atoms with Gasteiger partial charge in [-0.15, -0.1) is 0 Å². The maximum Gasteiger partial charge on any atom is 0.244 e. The quantitative estimate of drug-likeness (QED) is 0.780. The largest absolute Gasteiger partial charge is 0.399 e. The maximum atomic E-state index is 13.6. The molecule has 1 aromatic rings. The van der Waals surface area contributed by atoms with Gasteiger partial charge in [0.25, 0.3) is 0 Å². The van der Waals surface area contributed by atoms with Gasteiger partial charge >= 0.3 is 0 Å². The third-order valence-electron chi connectivity index (χ3n) is 2.76. The van der Waals surface area contributed by atoms with Crippen LogP contribution in [0.4, 0.5) is 14.5 Å². The van der Waals surface area contributed by atoms with E-state index < -0.39 is 32.6 Å². The number of methoxy groups -OCH3 is 1. The van der Waals surface area contributed by atoms with Gasteiger partial charge in [-0.1, -0.05) is 13.8 Å². The van der Waals surface area contributed by atoms with E-state index in [1.807, 2.05) is 0 Å². The highest BCUT2D eigenvalue weighted by atomic mass is 32.2. The molecule has 8 heteroatoms. The summed E-state index contributed by atoms with van der Waals surface area (Å²) in [5.74, 6) is -2.84. The Hall–Kier alpha value is -1.25. The lowest BCUT2D eigenvalue weighted by atomic mass is 10.1.